The van der Waals surface area contributed by atoms with Gasteiger partial charge in [0.25, 0.3) is 0 Å². The average Bonchev–Trinajstić information content (AvgIpc) is 2.39. The minimum Gasteiger partial charge on any atom is -0.394 e. The second-order valence-electron chi connectivity index (χ2n) is 5.41. The number of hydrogen-bond acceptors (Lipinski definition) is 3. The molecule has 0 heterocycles. The first-order chi connectivity index (χ1) is 8.95. The van der Waals surface area contributed by atoms with Gasteiger partial charge in [-0.1, -0.05) is 30.3 Å². The topological polar surface area (TPSA) is 52.6 Å². The number of aliphatic hydroxyl groups is 1. The highest BCUT2D eigenvalue weighted by molar-refractivity contribution is 5.78. The molecule has 0 aliphatic rings. The third-order valence-corrected chi connectivity index (χ3v) is 3.38. The summed E-state index contributed by atoms with van der Waals surface area (Å²) in [5.74, 6) is -0.0139. The molecule has 4 nitrogen and oxygen atoms in total. The van der Waals surface area contributed by atoms with Gasteiger partial charge in [0.05, 0.1) is 13.2 Å². The largest absolute Gasteiger partial charge is 0.394 e. The van der Waals surface area contributed by atoms with Crippen LogP contribution in [0.5, 0.6) is 0 Å². The fourth-order valence-electron chi connectivity index (χ4n) is 1.60. The van der Waals surface area contributed by atoms with Gasteiger partial charge in [0.15, 0.2) is 0 Å². The van der Waals surface area contributed by atoms with Gasteiger partial charge < -0.3 is 10.4 Å². The lowest BCUT2D eigenvalue weighted by Gasteiger charge is -2.33. The molecule has 0 saturated carbocycles. The van der Waals surface area contributed by atoms with Gasteiger partial charge >= 0.3 is 0 Å². The van der Waals surface area contributed by atoms with Crippen molar-refractivity contribution in [3.05, 3.63) is 35.9 Å². The quantitative estimate of drug-likeness (QED) is 0.774. The van der Waals surface area contributed by atoms with Gasteiger partial charge in [-0.25, -0.2) is 0 Å². The van der Waals surface area contributed by atoms with Crippen molar-refractivity contribution in [2.45, 2.75) is 25.8 Å². The molecule has 19 heavy (non-hydrogen) atoms. The number of carbonyl (C=O) groups excluding carboxylic acids is 1. The zero-order chi connectivity index (χ0) is 14.3. The van der Waals surface area contributed by atoms with Gasteiger partial charge in [-0.15, -0.1) is 0 Å². The van der Waals surface area contributed by atoms with Crippen LogP contribution in [-0.4, -0.2) is 48.2 Å². The van der Waals surface area contributed by atoms with Crippen LogP contribution in [0.15, 0.2) is 30.3 Å². The van der Waals surface area contributed by atoms with Crippen LogP contribution in [0.3, 0.4) is 0 Å². The van der Waals surface area contributed by atoms with Crippen LogP contribution in [0, 0.1) is 0 Å². The minimum absolute atomic E-state index is 0.0139. The van der Waals surface area contributed by atoms with E-state index >= 15 is 0 Å². The summed E-state index contributed by atoms with van der Waals surface area (Å²) in [5, 5.41) is 12.1. The fourth-order valence-corrected chi connectivity index (χ4v) is 1.60. The molecule has 0 aliphatic carbocycles. The number of nitrogens with one attached hydrogen (secondary N) is 1. The number of nitrogens with zero attached hydrogens (tertiary/aromatic N) is 1. The van der Waals surface area contributed by atoms with E-state index in [0.29, 0.717) is 13.1 Å². The van der Waals surface area contributed by atoms with Gasteiger partial charge in [-0.3, -0.25) is 9.69 Å². The zero-order valence-corrected chi connectivity index (χ0v) is 12.0. The van der Waals surface area contributed by atoms with Gasteiger partial charge in [0.2, 0.25) is 5.91 Å². The first-order valence-electron chi connectivity index (χ1n) is 6.58. The van der Waals surface area contributed by atoms with Gasteiger partial charge in [-0.05, 0) is 32.9 Å². The van der Waals surface area contributed by atoms with Crippen molar-refractivity contribution in [3.63, 3.8) is 0 Å². The lowest BCUT2D eigenvalue weighted by Crippen LogP contribution is -2.48. The normalized spacial score (nSPS) is 11.6. The summed E-state index contributed by atoms with van der Waals surface area (Å²) in [6.45, 7) is 4.77. The van der Waals surface area contributed by atoms with Gasteiger partial charge in [-0.2, -0.15) is 0 Å². The second-order valence-corrected chi connectivity index (χ2v) is 5.41. The summed E-state index contributed by atoms with van der Waals surface area (Å²) in [7, 11) is 1.84. The summed E-state index contributed by atoms with van der Waals surface area (Å²) in [4.78, 5) is 13.6. The van der Waals surface area contributed by atoms with E-state index in [0.717, 1.165) is 6.42 Å². The highest BCUT2D eigenvalue weighted by Gasteiger charge is 2.23. The maximum atomic E-state index is 11.8. The van der Waals surface area contributed by atoms with Crippen molar-refractivity contribution in [3.8, 4) is 0 Å². The summed E-state index contributed by atoms with van der Waals surface area (Å²) >= 11 is 0. The molecular weight excluding hydrogens is 240 g/mol. The fraction of sp³-hybridized carbons (Fsp3) is 0.533. The number of benzene rings is 1. The molecule has 0 atom stereocenters. The molecule has 1 aromatic carbocycles. The van der Waals surface area contributed by atoms with Gasteiger partial charge in [0, 0.05) is 12.1 Å². The molecule has 4 heteroatoms. The average molecular weight is 264 g/mol. The summed E-state index contributed by atoms with van der Waals surface area (Å²) in [6, 6.07) is 10.1. The number of hydrogen-bond donors (Lipinski definition) is 2. The van der Waals surface area contributed by atoms with Crippen LogP contribution in [0.25, 0.3) is 0 Å². The van der Waals surface area contributed by atoms with Crippen molar-refractivity contribution < 1.29 is 9.90 Å². The van der Waals surface area contributed by atoms with Crippen molar-refractivity contribution in [2.24, 2.45) is 0 Å². The number of carbonyl (C=O) groups is 1. The number of rotatable bonds is 7. The van der Waals surface area contributed by atoms with Crippen LogP contribution in [-0.2, 0) is 11.2 Å². The first kappa shape index (κ1) is 15.7. The predicted octanol–water partition coefficient (Wildman–Crippen LogP) is 1.05. The van der Waals surface area contributed by atoms with E-state index in [1.54, 1.807) is 0 Å². The van der Waals surface area contributed by atoms with E-state index in [2.05, 4.69) is 5.32 Å². The third kappa shape index (κ3) is 5.41. The summed E-state index contributed by atoms with van der Waals surface area (Å²) < 4.78 is 0. The Balaban J connectivity index is 2.29. The van der Waals surface area contributed by atoms with Crippen molar-refractivity contribution in [2.75, 3.05) is 26.7 Å². The molecule has 0 spiro atoms. The summed E-state index contributed by atoms with van der Waals surface area (Å²) in [6.07, 6.45) is 0.833. The standard InChI is InChI=1S/C15H24N2O2/c1-15(2,12-18)17(3)11-14(19)16-10-9-13-7-5-4-6-8-13/h4-8,18H,9-12H2,1-3H3,(H,16,19). The Morgan fingerprint density at radius 3 is 2.53 bits per heavy atom. The highest BCUT2D eigenvalue weighted by Crippen LogP contribution is 2.09. The lowest BCUT2D eigenvalue weighted by atomic mass is 10.1. The Kier molecular flexibility index (Phi) is 5.99. The molecule has 0 unspecified atom stereocenters. The Hall–Kier alpha value is -1.39. The molecular formula is C15H24N2O2. The van der Waals surface area contributed by atoms with E-state index in [-0.39, 0.29) is 18.1 Å². The van der Waals surface area contributed by atoms with Gasteiger partial charge in [0.1, 0.15) is 0 Å². The maximum absolute atomic E-state index is 11.8. The molecule has 1 rings (SSSR count). The molecule has 106 valence electrons. The van der Waals surface area contributed by atoms with Crippen LogP contribution in [0.1, 0.15) is 19.4 Å². The lowest BCUT2D eigenvalue weighted by molar-refractivity contribution is -0.123. The van der Waals surface area contributed by atoms with Crippen LogP contribution >= 0.6 is 0 Å². The van der Waals surface area contributed by atoms with E-state index < -0.39 is 0 Å². The molecule has 2 N–H and O–H groups in total. The molecule has 0 aliphatic heterocycles. The van der Waals surface area contributed by atoms with Crippen molar-refractivity contribution >= 4 is 5.91 Å². The maximum Gasteiger partial charge on any atom is 0.234 e. The van der Waals surface area contributed by atoms with E-state index in [9.17, 15) is 9.90 Å². The monoisotopic (exact) mass is 264 g/mol. The van der Waals surface area contributed by atoms with E-state index in [4.69, 9.17) is 0 Å². The molecule has 0 aromatic heterocycles. The SMILES string of the molecule is CN(CC(=O)NCCc1ccccc1)C(C)(C)CO. The number of likely N-dealkylation sites (N-methyl/N-ethyl adjacent to an activating group) is 1. The Morgan fingerprint density at radius 2 is 1.95 bits per heavy atom. The minimum atomic E-state index is -0.378. The molecule has 1 amide bonds. The Morgan fingerprint density at radius 1 is 1.32 bits per heavy atom. The predicted molar refractivity (Wildman–Crippen MR) is 77.0 cm³/mol. The van der Waals surface area contributed by atoms with Crippen LogP contribution in [0.2, 0.25) is 0 Å². The second kappa shape index (κ2) is 7.26. The molecule has 0 fully saturated rings. The Bertz CT molecular complexity index is 390. The third-order valence-electron chi connectivity index (χ3n) is 3.38. The zero-order valence-electron chi connectivity index (χ0n) is 12.0. The smallest absolute Gasteiger partial charge is 0.234 e. The number of aliphatic hydroxyl groups excluding tert-OH is 1. The van der Waals surface area contributed by atoms with E-state index in [1.165, 1.54) is 5.56 Å². The van der Waals surface area contributed by atoms with Crippen molar-refractivity contribution in [1.29, 1.82) is 0 Å². The first-order valence-corrected chi connectivity index (χ1v) is 6.58. The Labute approximate surface area is 115 Å². The molecule has 1 aromatic rings. The summed E-state index contributed by atoms with van der Waals surface area (Å²) in [5.41, 5.74) is 0.836. The van der Waals surface area contributed by atoms with E-state index in [1.807, 2.05) is 56.1 Å². The van der Waals surface area contributed by atoms with Crippen LogP contribution in [0.4, 0.5) is 0 Å². The molecule has 0 saturated heterocycles. The molecule has 0 bridgehead atoms. The molecule has 0 radical (unpaired) electrons. The van der Waals surface area contributed by atoms with Crippen LogP contribution < -0.4 is 5.32 Å². The number of amides is 1. The van der Waals surface area contributed by atoms with Crippen molar-refractivity contribution in [1.82, 2.24) is 10.2 Å². The highest BCUT2D eigenvalue weighted by atomic mass is 16.3.